The molecule has 2 rings (SSSR count). The van der Waals surface area contributed by atoms with E-state index in [0.29, 0.717) is 0 Å². The normalized spacial score (nSPS) is 16.6. The van der Waals surface area contributed by atoms with Crippen molar-refractivity contribution in [3.8, 4) is 0 Å². The number of aryl methyl sites for hydroxylation is 2. The molecule has 2 aromatic carbocycles. The van der Waals surface area contributed by atoms with Gasteiger partial charge in [-0.3, -0.25) is 8.37 Å². The van der Waals surface area contributed by atoms with Crippen molar-refractivity contribution in [2.45, 2.75) is 61.9 Å². The highest BCUT2D eigenvalue weighted by Gasteiger charge is 2.34. The van der Waals surface area contributed by atoms with Gasteiger partial charge in [0.25, 0.3) is 20.2 Å². The number of hydrogen-bond acceptors (Lipinski definition) is 8. The largest absolute Gasteiger partial charge is 0.388 e. The topological polar surface area (TPSA) is 127 Å². The van der Waals surface area contributed by atoms with Gasteiger partial charge < -0.3 is 10.2 Å². The highest BCUT2D eigenvalue weighted by atomic mass is 32.2. The molecule has 0 saturated heterocycles. The summed E-state index contributed by atoms with van der Waals surface area (Å²) < 4.78 is 59.4. The number of aliphatic hydroxyl groups is 2. The molecule has 0 saturated carbocycles. The second kappa shape index (κ2) is 9.54. The Balaban J connectivity index is 2.06. The van der Waals surface area contributed by atoms with Crippen molar-refractivity contribution in [3.05, 3.63) is 59.7 Å². The Bertz CT molecular complexity index is 957. The van der Waals surface area contributed by atoms with Crippen molar-refractivity contribution < 1.29 is 35.4 Å². The van der Waals surface area contributed by atoms with Crippen LogP contribution in [0.2, 0.25) is 0 Å². The number of aliphatic hydroxyl groups excluding tert-OH is 2. The van der Waals surface area contributed by atoms with Gasteiger partial charge in [-0.25, -0.2) is 0 Å². The fourth-order valence-corrected chi connectivity index (χ4v) is 4.78. The lowest BCUT2D eigenvalue weighted by molar-refractivity contribution is -0.0793. The molecule has 0 fully saturated rings. The van der Waals surface area contributed by atoms with E-state index in [4.69, 9.17) is 8.37 Å². The van der Waals surface area contributed by atoms with E-state index in [1.165, 1.54) is 38.1 Å². The minimum absolute atomic E-state index is 0.104. The number of benzene rings is 2. The molecule has 0 aromatic heterocycles. The van der Waals surface area contributed by atoms with Crippen LogP contribution in [0.4, 0.5) is 0 Å². The summed E-state index contributed by atoms with van der Waals surface area (Å²) in [5.74, 6) is 0. The molecule has 4 atom stereocenters. The van der Waals surface area contributed by atoms with Gasteiger partial charge in [0.05, 0.1) is 9.79 Å². The van der Waals surface area contributed by atoms with Gasteiger partial charge in [0.1, 0.15) is 24.4 Å². The maximum Gasteiger partial charge on any atom is 0.297 e. The lowest BCUT2D eigenvalue weighted by Crippen LogP contribution is -2.45. The van der Waals surface area contributed by atoms with Crippen LogP contribution in [-0.2, 0) is 28.6 Å². The van der Waals surface area contributed by atoms with Crippen LogP contribution in [0.15, 0.2) is 58.3 Å². The Hall–Kier alpha value is -1.82. The molecule has 0 radical (unpaired) electrons. The van der Waals surface area contributed by atoms with Crippen molar-refractivity contribution in [2.24, 2.45) is 0 Å². The average Bonchev–Trinajstić information content (AvgIpc) is 2.66. The van der Waals surface area contributed by atoms with E-state index >= 15 is 0 Å². The summed E-state index contributed by atoms with van der Waals surface area (Å²) in [7, 11) is -8.39. The molecule has 2 N–H and O–H groups in total. The Morgan fingerprint density at radius 1 is 0.633 bits per heavy atom. The minimum atomic E-state index is -4.19. The molecule has 0 bridgehead atoms. The summed E-state index contributed by atoms with van der Waals surface area (Å²) in [6, 6.07) is 11.8. The van der Waals surface area contributed by atoms with E-state index < -0.39 is 44.7 Å². The summed E-state index contributed by atoms with van der Waals surface area (Å²) in [4.78, 5) is -0.208. The van der Waals surface area contributed by atoms with E-state index in [1.807, 2.05) is 0 Å². The van der Waals surface area contributed by atoms with Crippen LogP contribution in [0, 0.1) is 13.8 Å². The fourth-order valence-electron chi connectivity index (χ4n) is 2.59. The monoisotopic (exact) mass is 458 g/mol. The Morgan fingerprint density at radius 3 is 1.17 bits per heavy atom. The van der Waals surface area contributed by atoms with Crippen LogP contribution in [0.5, 0.6) is 0 Å². The Morgan fingerprint density at radius 2 is 0.900 bits per heavy atom. The molecule has 0 spiro atoms. The predicted molar refractivity (Wildman–Crippen MR) is 110 cm³/mol. The summed E-state index contributed by atoms with van der Waals surface area (Å²) >= 11 is 0. The molecular formula is C20H26O8S2. The second-order valence-corrected chi connectivity index (χ2v) is 10.3. The highest BCUT2D eigenvalue weighted by molar-refractivity contribution is 7.87. The van der Waals surface area contributed by atoms with Gasteiger partial charge in [-0.05, 0) is 52.0 Å². The third-order valence-electron chi connectivity index (χ3n) is 4.49. The third kappa shape index (κ3) is 6.10. The van der Waals surface area contributed by atoms with Crippen molar-refractivity contribution in [3.63, 3.8) is 0 Å². The van der Waals surface area contributed by atoms with Gasteiger partial charge in [0.2, 0.25) is 0 Å². The van der Waals surface area contributed by atoms with E-state index in [-0.39, 0.29) is 9.79 Å². The lowest BCUT2D eigenvalue weighted by atomic mass is 10.1. The molecule has 0 aliphatic heterocycles. The Kier molecular flexibility index (Phi) is 7.78. The van der Waals surface area contributed by atoms with Crippen LogP contribution in [0.3, 0.4) is 0 Å². The van der Waals surface area contributed by atoms with E-state index in [0.717, 1.165) is 11.1 Å². The molecular weight excluding hydrogens is 432 g/mol. The van der Waals surface area contributed by atoms with E-state index in [1.54, 1.807) is 38.1 Å². The first-order chi connectivity index (χ1) is 13.8. The van der Waals surface area contributed by atoms with Crippen LogP contribution < -0.4 is 0 Å². The zero-order valence-corrected chi connectivity index (χ0v) is 18.7. The molecule has 30 heavy (non-hydrogen) atoms. The maximum absolute atomic E-state index is 12.3. The zero-order valence-electron chi connectivity index (χ0n) is 17.1. The van der Waals surface area contributed by atoms with Crippen LogP contribution in [0.1, 0.15) is 25.0 Å². The highest BCUT2D eigenvalue weighted by Crippen LogP contribution is 2.21. The first-order valence-electron chi connectivity index (χ1n) is 9.19. The van der Waals surface area contributed by atoms with Gasteiger partial charge in [-0.15, -0.1) is 0 Å². The molecule has 0 amide bonds. The molecule has 8 nitrogen and oxygen atoms in total. The van der Waals surface area contributed by atoms with E-state index in [2.05, 4.69) is 0 Å². The van der Waals surface area contributed by atoms with Gasteiger partial charge in [0, 0.05) is 0 Å². The van der Waals surface area contributed by atoms with Crippen molar-refractivity contribution >= 4 is 20.2 Å². The van der Waals surface area contributed by atoms with Crippen molar-refractivity contribution in [1.82, 2.24) is 0 Å². The summed E-state index contributed by atoms with van der Waals surface area (Å²) in [6.07, 6.45) is -6.18. The average molecular weight is 459 g/mol. The van der Waals surface area contributed by atoms with E-state index in [9.17, 15) is 27.0 Å². The SMILES string of the molecule is Cc1ccc(S(=O)(=O)O[C@H](C)[C@@H](O)[C@H](O)[C@@H](C)OS(=O)(=O)c2ccc(C)cc2)cc1. The van der Waals surface area contributed by atoms with Gasteiger partial charge in [-0.2, -0.15) is 16.8 Å². The standard InChI is InChI=1S/C20H26O8S2/c1-13-5-9-17(10-6-13)29(23,24)27-15(3)19(21)20(22)16(4)28-30(25,26)18-11-7-14(2)8-12-18/h5-12,15-16,19-22H,1-4H3/t15-,16-,19-,20-/m1/s1. The van der Waals surface area contributed by atoms with Crippen molar-refractivity contribution in [2.75, 3.05) is 0 Å². The van der Waals surface area contributed by atoms with Crippen molar-refractivity contribution in [1.29, 1.82) is 0 Å². The molecule has 166 valence electrons. The summed E-state index contributed by atoms with van der Waals surface area (Å²) in [6.45, 7) is 6.10. The third-order valence-corrected chi connectivity index (χ3v) is 7.30. The number of rotatable bonds is 9. The van der Waals surface area contributed by atoms with Gasteiger partial charge in [0.15, 0.2) is 0 Å². The molecule has 10 heteroatoms. The molecule has 0 unspecified atom stereocenters. The van der Waals surface area contributed by atoms with Gasteiger partial charge in [-0.1, -0.05) is 35.4 Å². The van der Waals surface area contributed by atoms with Crippen LogP contribution >= 0.6 is 0 Å². The minimum Gasteiger partial charge on any atom is -0.388 e. The molecule has 0 aliphatic carbocycles. The Labute approximate surface area is 177 Å². The predicted octanol–water partition coefficient (Wildman–Crippen LogP) is 1.91. The summed E-state index contributed by atoms with van der Waals surface area (Å²) in [5, 5.41) is 20.6. The fraction of sp³-hybridized carbons (Fsp3) is 0.400. The number of hydrogen-bond donors (Lipinski definition) is 2. The quantitative estimate of drug-likeness (QED) is 0.546. The first-order valence-corrected chi connectivity index (χ1v) is 12.0. The van der Waals surface area contributed by atoms with Gasteiger partial charge >= 0.3 is 0 Å². The van der Waals surface area contributed by atoms with Crippen LogP contribution in [0.25, 0.3) is 0 Å². The molecule has 0 aliphatic rings. The second-order valence-electron chi connectivity index (χ2n) is 7.12. The maximum atomic E-state index is 12.3. The van der Waals surface area contributed by atoms with Crippen LogP contribution in [-0.4, -0.2) is 51.5 Å². The molecule has 2 aromatic rings. The zero-order chi connectivity index (χ0) is 22.7. The smallest absolute Gasteiger partial charge is 0.297 e. The lowest BCUT2D eigenvalue weighted by Gasteiger charge is -2.27. The molecule has 0 heterocycles. The first kappa shape index (κ1) is 24.4. The summed E-state index contributed by atoms with van der Waals surface area (Å²) in [5.41, 5.74) is 1.72.